The van der Waals surface area contributed by atoms with Gasteiger partial charge in [-0.15, -0.1) is 0 Å². The van der Waals surface area contributed by atoms with Crippen molar-refractivity contribution in [1.29, 1.82) is 0 Å². The zero-order valence-electron chi connectivity index (χ0n) is 16.8. The molecule has 32 heavy (non-hydrogen) atoms. The van der Waals surface area contributed by atoms with E-state index in [1.54, 1.807) is 48.5 Å². The molecule has 0 unspecified atom stereocenters. The molecule has 1 saturated heterocycles. The number of carbonyl (C=O) groups excluding carboxylic acids is 1. The van der Waals surface area contributed by atoms with Crippen LogP contribution in [0.1, 0.15) is 22.3 Å². The lowest BCUT2D eigenvalue weighted by molar-refractivity contribution is -0.137. The first-order chi connectivity index (χ1) is 15.1. The van der Waals surface area contributed by atoms with Crippen molar-refractivity contribution in [2.24, 2.45) is 0 Å². The van der Waals surface area contributed by atoms with E-state index in [0.29, 0.717) is 35.5 Å². The highest BCUT2D eigenvalue weighted by atomic mass is 32.2. The van der Waals surface area contributed by atoms with E-state index in [0.717, 1.165) is 12.1 Å². The molecule has 9 heteroatoms. The average Bonchev–Trinajstić information content (AvgIpc) is 3.12. The molecule has 3 aromatic carbocycles. The second-order valence-corrected chi connectivity index (χ2v) is 9.38. The molecule has 1 amide bonds. The van der Waals surface area contributed by atoms with Gasteiger partial charge >= 0.3 is 6.18 Å². The van der Waals surface area contributed by atoms with Crippen LogP contribution >= 0.6 is 0 Å². The third-order valence-electron chi connectivity index (χ3n) is 5.19. The van der Waals surface area contributed by atoms with Gasteiger partial charge in [0.1, 0.15) is 0 Å². The minimum atomic E-state index is -4.44. The van der Waals surface area contributed by atoms with Crippen molar-refractivity contribution in [2.75, 3.05) is 21.9 Å². The Bertz CT molecular complexity index is 1260. The summed E-state index contributed by atoms with van der Waals surface area (Å²) in [7, 11) is -3.35. The van der Waals surface area contributed by atoms with Gasteiger partial charge in [0, 0.05) is 17.8 Å². The van der Waals surface area contributed by atoms with Crippen molar-refractivity contribution in [3.63, 3.8) is 0 Å². The van der Waals surface area contributed by atoms with Crippen molar-refractivity contribution in [3.8, 4) is 11.1 Å². The topological polar surface area (TPSA) is 66.5 Å². The fourth-order valence-electron chi connectivity index (χ4n) is 3.64. The van der Waals surface area contributed by atoms with Crippen molar-refractivity contribution in [3.05, 3.63) is 83.9 Å². The molecule has 5 nitrogen and oxygen atoms in total. The van der Waals surface area contributed by atoms with Gasteiger partial charge in [0.15, 0.2) is 0 Å². The Morgan fingerprint density at radius 1 is 0.938 bits per heavy atom. The second kappa shape index (κ2) is 8.31. The zero-order valence-corrected chi connectivity index (χ0v) is 17.6. The Morgan fingerprint density at radius 3 is 2.31 bits per heavy atom. The summed E-state index contributed by atoms with van der Waals surface area (Å²) < 4.78 is 64.2. The summed E-state index contributed by atoms with van der Waals surface area (Å²) in [6, 6.07) is 17.7. The number of hydrogen-bond donors (Lipinski definition) is 1. The van der Waals surface area contributed by atoms with Crippen LogP contribution < -0.4 is 9.62 Å². The molecule has 0 radical (unpaired) electrons. The Labute approximate surface area is 183 Å². The van der Waals surface area contributed by atoms with Gasteiger partial charge in [0.2, 0.25) is 10.0 Å². The number of alkyl halides is 3. The van der Waals surface area contributed by atoms with Crippen LogP contribution in [0.3, 0.4) is 0 Å². The molecule has 166 valence electrons. The first-order valence-corrected chi connectivity index (χ1v) is 11.4. The van der Waals surface area contributed by atoms with E-state index in [1.165, 1.54) is 16.4 Å². The van der Waals surface area contributed by atoms with E-state index < -0.39 is 27.7 Å². The molecule has 1 heterocycles. The van der Waals surface area contributed by atoms with Crippen molar-refractivity contribution < 1.29 is 26.4 Å². The Balaban J connectivity index is 1.60. The van der Waals surface area contributed by atoms with Crippen LogP contribution in [0.2, 0.25) is 0 Å². The number of amides is 1. The normalized spacial score (nSPS) is 15.5. The summed E-state index contributed by atoms with van der Waals surface area (Å²) in [4.78, 5) is 13.0. The molecule has 0 saturated carbocycles. The number of nitrogens with one attached hydrogen (secondary N) is 1. The maximum atomic E-state index is 13.0. The van der Waals surface area contributed by atoms with E-state index in [1.807, 2.05) is 0 Å². The number of carbonyl (C=O) groups is 1. The lowest BCUT2D eigenvalue weighted by atomic mass is 9.98. The van der Waals surface area contributed by atoms with Gasteiger partial charge in [-0.2, -0.15) is 13.2 Å². The van der Waals surface area contributed by atoms with Gasteiger partial charge in [0.05, 0.1) is 17.0 Å². The van der Waals surface area contributed by atoms with Gasteiger partial charge in [-0.05, 0) is 53.9 Å². The minimum absolute atomic E-state index is 0.0874. The minimum Gasteiger partial charge on any atom is -0.322 e. The summed E-state index contributed by atoms with van der Waals surface area (Å²) in [5, 5.41) is 2.75. The van der Waals surface area contributed by atoms with Gasteiger partial charge in [-0.3, -0.25) is 9.10 Å². The number of hydrogen-bond acceptors (Lipinski definition) is 3. The second-order valence-electron chi connectivity index (χ2n) is 7.37. The van der Waals surface area contributed by atoms with Crippen LogP contribution in [-0.2, 0) is 16.2 Å². The molecule has 1 N–H and O–H groups in total. The average molecular weight is 460 g/mol. The van der Waals surface area contributed by atoms with E-state index in [-0.39, 0.29) is 11.3 Å². The fraction of sp³-hybridized carbons (Fsp3) is 0.174. The Morgan fingerprint density at radius 2 is 1.66 bits per heavy atom. The van der Waals surface area contributed by atoms with Gasteiger partial charge in [0.25, 0.3) is 5.91 Å². The molecule has 0 aliphatic carbocycles. The Kier molecular flexibility index (Phi) is 5.68. The highest BCUT2D eigenvalue weighted by molar-refractivity contribution is 7.93. The third-order valence-corrected chi connectivity index (χ3v) is 7.06. The van der Waals surface area contributed by atoms with Crippen molar-refractivity contribution in [2.45, 2.75) is 12.6 Å². The number of benzene rings is 3. The first-order valence-electron chi connectivity index (χ1n) is 9.84. The smallest absolute Gasteiger partial charge is 0.322 e. The lowest BCUT2D eigenvalue weighted by Crippen LogP contribution is -2.25. The molecule has 1 fully saturated rings. The van der Waals surface area contributed by atoms with Gasteiger partial charge < -0.3 is 5.32 Å². The standard InChI is InChI=1S/C23H19F3N2O3S/c24-23(25,26)17-11-9-16(10-12-17)20-7-1-2-8-21(20)22(29)27-18-5-3-6-19(15-18)28-13-4-14-32(28,30)31/h1-3,5-12,15H,4,13-14H2,(H,27,29). The lowest BCUT2D eigenvalue weighted by Gasteiger charge is -2.18. The van der Waals surface area contributed by atoms with Crippen molar-refractivity contribution >= 4 is 27.3 Å². The van der Waals surface area contributed by atoms with Crippen LogP contribution in [0.4, 0.5) is 24.5 Å². The zero-order chi connectivity index (χ0) is 22.9. The number of halogens is 3. The van der Waals surface area contributed by atoms with Crippen LogP contribution in [0.15, 0.2) is 72.8 Å². The molecule has 1 aliphatic rings. The quantitative estimate of drug-likeness (QED) is 0.585. The van der Waals surface area contributed by atoms with E-state index >= 15 is 0 Å². The molecule has 0 aromatic heterocycles. The summed E-state index contributed by atoms with van der Waals surface area (Å²) in [6.45, 7) is 0.385. The summed E-state index contributed by atoms with van der Waals surface area (Å²) in [6.07, 6.45) is -3.90. The van der Waals surface area contributed by atoms with Crippen molar-refractivity contribution in [1.82, 2.24) is 0 Å². The molecular weight excluding hydrogens is 441 g/mol. The summed E-state index contributed by atoms with van der Waals surface area (Å²) >= 11 is 0. The number of anilines is 2. The molecule has 0 spiro atoms. The molecule has 4 rings (SSSR count). The highest BCUT2D eigenvalue weighted by Gasteiger charge is 2.30. The van der Waals surface area contributed by atoms with Crippen LogP contribution in [0.25, 0.3) is 11.1 Å². The predicted molar refractivity (Wildman–Crippen MR) is 117 cm³/mol. The highest BCUT2D eigenvalue weighted by Crippen LogP contribution is 2.32. The largest absolute Gasteiger partial charge is 0.416 e. The van der Waals surface area contributed by atoms with E-state index in [2.05, 4.69) is 5.32 Å². The monoisotopic (exact) mass is 460 g/mol. The summed E-state index contributed by atoms with van der Waals surface area (Å²) in [5.74, 6) is -0.369. The van der Waals surface area contributed by atoms with Gasteiger partial charge in [-0.25, -0.2) is 8.42 Å². The fourth-order valence-corrected chi connectivity index (χ4v) is 5.19. The van der Waals surface area contributed by atoms with Gasteiger partial charge in [-0.1, -0.05) is 36.4 Å². The molecular formula is C23H19F3N2O3S. The SMILES string of the molecule is O=C(Nc1cccc(N2CCCS2(=O)=O)c1)c1ccccc1-c1ccc(C(F)(F)F)cc1. The predicted octanol–water partition coefficient (Wildman–Crippen LogP) is 5.16. The van der Waals surface area contributed by atoms with Crippen LogP contribution in [0.5, 0.6) is 0 Å². The maximum Gasteiger partial charge on any atom is 0.416 e. The Hall–Kier alpha value is -3.33. The number of sulfonamides is 1. The molecule has 1 aliphatic heterocycles. The molecule has 3 aromatic rings. The molecule has 0 atom stereocenters. The maximum absolute atomic E-state index is 13.0. The number of rotatable bonds is 4. The summed E-state index contributed by atoms with van der Waals surface area (Å²) in [5.41, 5.74) is 1.36. The first kappa shape index (κ1) is 21.9. The molecule has 0 bridgehead atoms. The van der Waals surface area contributed by atoms with Crippen LogP contribution in [0, 0.1) is 0 Å². The third kappa shape index (κ3) is 4.47. The van der Waals surface area contributed by atoms with Crippen LogP contribution in [-0.4, -0.2) is 26.6 Å². The van der Waals surface area contributed by atoms with E-state index in [9.17, 15) is 26.4 Å². The van der Waals surface area contributed by atoms with E-state index in [4.69, 9.17) is 0 Å². The number of nitrogens with zero attached hydrogens (tertiary/aromatic N) is 1.